The Morgan fingerprint density at radius 3 is 2.64 bits per heavy atom. The highest BCUT2D eigenvalue weighted by atomic mass is 35.5. The van der Waals surface area contributed by atoms with E-state index in [1.165, 1.54) is 0 Å². The van der Waals surface area contributed by atoms with Crippen molar-refractivity contribution in [3.05, 3.63) is 34.9 Å². The maximum atomic E-state index is 12.7. The zero-order valence-corrected chi connectivity index (χ0v) is 16.3. The lowest BCUT2D eigenvalue weighted by atomic mass is 9.77. The second-order valence-electron chi connectivity index (χ2n) is 7.30. The van der Waals surface area contributed by atoms with Crippen LogP contribution in [0.4, 0.5) is 4.79 Å². The molecular weight excluding hydrogens is 386 g/mol. The fourth-order valence-electron chi connectivity index (χ4n) is 3.47. The van der Waals surface area contributed by atoms with Crippen molar-refractivity contribution >= 4 is 35.4 Å². The van der Waals surface area contributed by atoms with Crippen LogP contribution in [-0.2, 0) is 25.5 Å². The van der Waals surface area contributed by atoms with E-state index >= 15 is 0 Å². The van der Waals surface area contributed by atoms with E-state index in [-0.39, 0.29) is 6.42 Å². The quantitative estimate of drug-likeness (QED) is 0.573. The van der Waals surface area contributed by atoms with Gasteiger partial charge in [-0.1, -0.05) is 36.7 Å². The van der Waals surface area contributed by atoms with Gasteiger partial charge in [0.1, 0.15) is 5.54 Å². The summed E-state index contributed by atoms with van der Waals surface area (Å²) in [5.74, 6) is -1.38. The summed E-state index contributed by atoms with van der Waals surface area (Å²) in [6.45, 7) is 1.50. The van der Waals surface area contributed by atoms with Gasteiger partial charge in [0.15, 0.2) is 6.61 Å². The number of carbonyl (C=O) groups is 4. The lowest BCUT2D eigenvalue weighted by molar-refractivity contribution is -0.150. The molecule has 1 spiro atoms. The van der Waals surface area contributed by atoms with Gasteiger partial charge in [0.2, 0.25) is 0 Å². The summed E-state index contributed by atoms with van der Waals surface area (Å²) in [6, 6.07) is 6.14. The van der Waals surface area contributed by atoms with Crippen LogP contribution < -0.4 is 10.7 Å². The number of nitrogens with one attached hydrogen (secondary N) is 2. The first-order chi connectivity index (χ1) is 13.3. The van der Waals surface area contributed by atoms with Crippen molar-refractivity contribution < 1.29 is 23.9 Å². The molecule has 2 fully saturated rings. The van der Waals surface area contributed by atoms with Crippen molar-refractivity contribution in [3.63, 3.8) is 0 Å². The van der Waals surface area contributed by atoms with Crippen molar-refractivity contribution in [2.75, 3.05) is 6.61 Å². The van der Waals surface area contributed by atoms with Crippen LogP contribution in [0, 0.1) is 5.92 Å². The molecule has 28 heavy (non-hydrogen) atoms. The van der Waals surface area contributed by atoms with Crippen molar-refractivity contribution in [3.8, 4) is 0 Å². The maximum Gasteiger partial charge on any atom is 0.344 e. The number of esters is 1. The molecule has 0 bridgehead atoms. The lowest BCUT2D eigenvalue weighted by Crippen LogP contribution is -2.52. The summed E-state index contributed by atoms with van der Waals surface area (Å²) >= 11 is 5.98. The predicted molar refractivity (Wildman–Crippen MR) is 100.0 cm³/mol. The number of rotatable bonds is 5. The Labute approximate surface area is 167 Å². The number of hydrazine groups is 1. The highest BCUT2D eigenvalue weighted by Crippen LogP contribution is 2.35. The van der Waals surface area contributed by atoms with Gasteiger partial charge in [-0.2, -0.15) is 5.01 Å². The predicted octanol–water partition coefficient (Wildman–Crippen LogP) is 1.96. The van der Waals surface area contributed by atoms with Gasteiger partial charge in [0.25, 0.3) is 11.8 Å². The van der Waals surface area contributed by atoms with Gasteiger partial charge in [-0.3, -0.25) is 19.8 Å². The Hall–Kier alpha value is -2.61. The summed E-state index contributed by atoms with van der Waals surface area (Å²) in [4.78, 5) is 48.7. The monoisotopic (exact) mass is 407 g/mol. The molecule has 2 aliphatic rings. The van der Waals surface area contributed by atoms with Gasteiger partial charge in [0.05, 0.1) is 6.42 Å². The summed E-state index contributed by atoms with van der Waals surface area (Å²) in [7, 11) is 0. The van der Waals surface area contributed by atoms with E-state index in [0.717, 1.165) is 12.8 Å². The Balaban J connectivity index is 1.51. The van der Waals surface area contributed by atoms with E-state index in [4.69, 9.17) is 16.3 Å². The third kappa shape index (κ3) is 4.27. The molecule has 3 rings (SSSR count). The van der Waals surface area contributed by atoms with Crippen molar-refractivity contribution in [1.82, 2.24) is 15.8 Å². The molecule has 2 N–H and O–H groups in total. The number of ether oxygens (including phenoxy) is 1. The summed E-state index contributed by atoms with van der Waals surface area (Å²) < 4.78 is 4.92. The first-order valence-corrected chi connectivity index (χ1v) is 9.54. The van der Waals surface area contributed by atoms with E-state index in [1.807, 2.05) is 0 Å². The molecule has 4 amide bonds. The van der Waals surface area contributed by atoms with Crippen LogP contribution in [-0.4, -0.2) is 41.0 Å². The van der Waals surface area contributed by atoms with Crippen LogP contribution in [0.1, 0.15) is 38.2 Å². The number of benzene rings is 1. The molecule has 1 aliphatic heterocycles. The van der Waals surface area contributed by atoms with E-state index in [1.54, 1.807) is 24.3 Å². The highest BCUT2D eigenvalue weighted by molar-refractivity contribution is 6.31. The number of nitrogens with zero attached hydrogens (tertiary/aromatic N) is 1. The van der Waals surface area contributed by atoms with Gasteiger partial charge >= 0.3 is 12.0 Å². The molecule has 1 saturated carbocycles. The standard InChI is InChI=1S/C19H22ClN3O5/c1-12-6-8-19(9-7-12)17(26)23(18(27)21-19)22-15(24)11-28-16(25)10-13-4-2-3-5-14(13)20/h2-5,12H,6-11H2,1H3,(H,21,27)(H,22,24). The van der Waals surface area contributed by atoms with Crippen LogP contribution in [0.2, 0.25) is 5.02 Å². The van der Waals surface area contributed by atoms with Crippen LogP contribution in [0.15, 0.2) is 24.3 Å². The van der Waals surface area contributed by atoms with Crippen LogP contribution in [0.5, 0.6) is 0 Å². The highest BCUT2D eigenvalue weighted by Gasteiger charge is 2.52. The van der Waals surface area contributed by atoms with E-state index < -0.39 is 36.0 Å². The van der Waals surface area contributed by atoms with Gasteiger partial charge in [0, 0.05) is 5.02 Å². The molecule has 1 aromatic rings. The molecule has 0 aromatic heterocycles. The maximum absolute atomic E-state index is 12.7. The Morgan fingerprint density at radius 1 is 1.29 bits per heavy atom. The van der Waals surface area contributed by atoms with Crippen molar-refractivity contribution in [2.45, 2.75) is 44.6 Å². The fourth-order valence-corrected chi connectivity index (χ4v) is 3.67. The van der Waals surface area contributed by atoms with Gasteiger partial charge in [-0.15, -0.1) is 0 Å². The number of halogens is 1. The molecular formula is C19H22ClN3O5. The Morgan fingerprint density at radius 2 is 1.96 bits per heavy atom. The molecule has 1 heterocycles. The number of urea groups is 1. The third-order valence-electron chi connectivity index (χ3n) is 5.18. The third-order valence-corrected chi connectivity index (χ3v) is 5.55. The average Bonchev–Trinajstić information content (AvgIpc) is 2.89. The molecule has 0 atom stereocenters. The van der Waals surface area contributed by atoms with Gasteiger partial charge in [-0.05, 0) is 43.2 Å². The van der Waals surface area contributed by atoms with E-state index in [2.05, 4.69) is 17.7 Å². The molecule has 1 aliphatic carbocycles. The van der Waals surface area contributed by atoms with Crippen molar-refractivity contribution in [2.24, 2.45) is 5.92 Å². The first kappa shape index (κ1) is 20.1. The summed E-state index contributed by atoms with van der Waals surface area (Å²) in [5, 5.41) is 3.81. The number of amides is 4. The fraction of sp³-hybridized carbons (Fsp3) is 0.474. The number of hydrogen-bond acceptors (Lipinski definition) is 5. The molecule has 9 heteroatoms. The topological polar surface area (TPSA) is 105 Å². The van der Waals surface area contributed by atoms with Crippen LogP contribution in [0.3, 0.4) is 0 Å². The van der Waals surface area contributed by atoms with Crippen LogP contribution in [0.25, 0.3) is 0 Å². The molecule has 8 nitrogen and oxygen atoms in total. The lowest BCUT2D eigenvalue weighted by Gasteiger charge is -2.33. The SMILES string of the molecule is CC1CCC2(CC1)NC(=O)N(NC(=O)COC(=O)Cc1ccccc1Cl)C2=O. The van der Waals surface area contributed by atoms with E-state index in [9.17, 15) is 19.2 Å². The molecule has 0 radical (unpaired) electrons. The Kier molecular flexibility index (Phi) is 5.88. The van der Waals surface area contributed by atoms with E-state index in [0.29, 0.717) is 34.4 Å². The number of carbonyl (C=O) groups excluding carboxylic acids is 4. The molecule has 1 saturated heterocycles. The number of hydrogen-bond donors (Lipinski definition) is 2. The summed E-state index contributed by atoms with van der Waals surface area (Å²) in [5.41, 5.74) is 1.86. The molecule has 0 unspecified atom stereocenters. The minimum absolute atomic E-state index is 0.0859. The van der Waals surface area contributed by atoms with Crippen LogP contribution >= 0.6 is 11.6 Å². The zero-order chi connectivity index (χ0) is 20.3. The molecule has 1 aromatic carbocycles. The van der Waals surface area contributed by atoms with Gasteiger partial charge in [-0.25, -0.2) is 4.79 Å². The molecule has 150 valence electrons. The van der Waals surface area contributed by atoms with Gasteiger partial charge < -0.3 is 10.1 Å². The average molecular weight is 408 g/mol. The minimum Gasteiger partial charge on any atom is -0.455 e. The minimum atomic E-state index is -0.947. The van der Waals surface area contributed by atoms with Crippen molar-refractivity contribution in [1.29, 1.82) is 0 Å². The Bertz CT molecular complexity index is 805. The smallest absolute Gasteiger partial charge is 0.344 e. The zero-order valence-electron chi connectivity index (χ0n) is 15.5. The second kappa shape index (κ2) is 8.18. The largest absolute Gasteiger partial charge is 0.455 e. The second-order valence-corrected chi connectivity index (χ2v) is 7.71. The summed E-state index contributed by atoms with van der Waals surface area (Å²) in [6.07, 6.45) is 2.65. The number of imide groups is 1. The first-order valence-electron chi connectivity index (χ1n) is 9.16. The normalized spacial score (nSPS) is 24.2.